The Morgan fingerprint density at radius 1 is 1.43 bits per heavy atom. The van der Waals surface area contributed by atoms with Crippen molar-refractivity contribution in [1.82, 2.24) is 0 Å². The molecular weight excluding hydrogens is 192 g/mol. The Labute approximate surface area is 57.7 Å². The fourth-order valence-electron chi connectivity index (χ4n) is 0.310. The zero-order chi connectivity index (χ0) is 5.70. The van der Waals surface area contributed by atoms with Crippen molar-refractivity contribution >= 4 is 32.5 Å². The van der Waals surface area contributed by atoms with Crippen LogP contribution in [0.4, 0.5) is 0 Å². The van der Waals surface area contributed by atoms with Crippen LogP contribution < -0.4 is 0 Å². The minimum absolute atomic E-state index is 1.10. The van der Waals surface area contributed by atoms with E-state index in [1.807, 2.05) is 0 Å². The third kappa shape index (κ3) is 7.12. The molecule has 7 heavy (non-hydrogen) atoms. The van der Waals surface area contributed by atoms with Crippen molar-refractivity contribution in [2.45, 2.75) is 25.0 Å². The van der Waals surface area contributed by atoms with Gasteiger partial charge in [0.25, 0.3) is 0 Å². The van der Waals surface area contributed by atoms with E-state index in [9.17, 15) is 0 Å². The molecule has 0 aromatic carbocycles. The standard InChI is InChI=1S/C4H9Cl2Ge/c1-2-3-4-7(5)6/h2-4H2,1H3. The van der Waals surface area contributed by atoms with E-state index in [4.69, 9.17) is 20.0 Å². The Bertz CT molecular complexity index is 38.7. The fourth-order valence-corrected chi connectivity index (χ4v) is 3.00. The molecule has 0 unspecified atom stereocenters. The van der Waals surface area contributed by atoms with E-state index in [0.717, 1.165) is 5.25 Å². The third-order valence-electron chi connectivity index (χ3n) is 0.719. The Morgan fingerprint density at radius 2 is 2.00 bits per heavy atom. The monoisotopic (exact) mass is 201 g/mol. The summed E-state index contributed by atoms with van der Waals surface area (Å²) in [4.78, 5) is 0. The van der Waals surface area contributed by atoms with Crippen LogP contribution >= 0.6 is 20.0 Å². The van der Waals surface area contributed by atoms with Gasteiger partial charge < -0.3 is 0 Å². The summed E-state index contributed by atoms with van der Waals surface area (Å²) >= 11 is -1.46. The van der Waals surface area contributed by atoms with Gasteiger partial charge in [0.15, 0.2) is 0 Å². The van der Waals surface area contributed by atoms with Crippen LogP contribution in [-0.2, 0) is 0 Å². The van der Waals surface area contributed by atoms with Crippen LogP contribution in [0.1, 0.15) is 19.8 Å². The number of rotatable bonds is 3. The molecule has 1 radical (unpaired) electrons. The molecule has 0 bridgehead atoms. The predicted octanol–water partition coefficient (Wildman–Crippen LogP) is 2.75. The van der Waals surface area contributed by atoms with Crippen molar-refractivity contribution in [1.29, 1.82) is 0 Å². The van der Waals surface area contributed by atoms with Gasteiger partial charge in [-0.2, -0.15) is 0 Å². The van der Waals surface area contributed by atoms with Gasteiger partial charge in [-0.15, -0.1) is 0 Å². The first kappa shape index (κ1) is 8.12. The first-order valence-corrected chi connectivity index (χ1v) is 9.44. The average Bonchev–Trinajstić information content (AvgIpc) is 1.61. The molecule has 0 aliphatic carbocycles. The van der Waals surface area contributed by atoms with Gasteiger partial charge >= 0.3 is 57.5 Å². The quantitative estimate of drug-likeness (QED) is 0.615. The molecule has 0 aromatic heterocycles. The topological polar surface area (TPSA) is 0 Å². The first-order valence-electron chi connectivity index (χ1n) is 2.44. The van der Waals surface area contributed by atoms with Gasteiger partial charge in [-0.25, -0.2) is 0 Å². The molecule has 0 nitrogen and oxygen atoms in total. The van der Waals surface area contributed by atoms with Crippen molar-refractivity contribution in [2.24, 2.45) is 0 Å². The second-order valence-corrected chi connectivity index (χ2v) is 9.66. The molecule has 0 spiro atoms. The third-order valence-corrected chi connectivity index (χ3v) is 4.22. The van der Waals surface area contributed by atoms with Crippen molar-refractivity contribution in [3.8, 4) is 0 Å². The van der Waals surface area contributed by atoms with Crippen LogP contribution in [0.25, 0.3) is 0 Å². The molecule has 0 N–H and O–H groups in total. The molecule has 0 saturated carbocycles. The second kappa shape index (κ2) is 5.26. The summed E-state index contributed by atoms with van der Waals surface area (Å²) in [6.07, 6.45) is 2.43. The van der Waals surface area contributed by atoms with Crippen LogP contribution in [-0.4, -0.2) is 12.5 Å². The molecule has 0 rings (SSSR count). The van der Waals surface area contributed by atoms with Gasteiger partial charge in [0.2, 0.25) is 0 Å². The second-order valence-electron chi connectivity index (χ2n) is 1.44. The van der Waals surface area contributed by atoms with E-state index in [1.165, 1.54) is 12.8 Å². The van der Waals surface area contributed by atoms with E-state index in [-0.39, 0.29) is 0 Å². The molecule has 43 valence electrons. The van der Waals surface area contributed by atoms with Crippen molar-refractivity contribution in [3.05, 3.63) is 0 Å². The zero-order valence-electron chi connectivity index (χ0n) is 4.38. The van der Waals surface area contributed by atoms with Crippen LogP contribution in [0, 0.1) is 0 Å². The molecular formula is C4H9Cl2Ge. The number of unbranched alkanes of at least 4 members (excludes halogenated alkanes) is 1. The van der Waals surface area contributed by atoms with Gasteiger partial charge in [-0.3, -0.25) is 0 Å². The Kier molecular flexibility index (Phi) is 6.11. The van der Waals surface area contributed by atoms with Crippen molar-refractivity contribution in [2.75, 3.05) is 0 Å². The maximum absolute atomic E-state index is 5.59. The first-order chi connectivity index (χ1) is 3.27. The van der Waals surface area contributed by atoms with Crippen molar-refractivity contribution < 1.29 is 0 Å². The van der Waals surface area contributed by atoms with Gasteiger partial charge in [0, 0.05) is 0 Å². The number of halogens is 2. The summed E-state index contributed by atoms with van der Waals surface area (Å²) in [7, 11) is 11.2. The number of hydrogen-bond donors (Lipinski definition) is 0. The van der Waals surface area contributed by atoms with Crippen LogP contribution in [0.15, 0.2) is 0 Å². The van der Waals surface area contributed by atoms with Crippen LogP contribution in [0.3, 0.4) is 0 Å². The van der Waals surface area contributed by atoms with Crippen molar-refractivity contribution in [3.63, 3.8) is 0 Å². The van der Waals surface area contributed by atoms with Gasteiger partial charge in [-0.1, -0.05) is 0 Å². The van der Waals surface area contributed by atoms with Gasteiger partial charge in [-0.05, 0) is 0 Å². The van der Waals surface area contributed by atoms with E-state index >= 15 is 0 Å². The van der Waals surface area contributed by atoms with Gasteiger partial charge in [0.05, 0.1) is 0 Å². The molecule has 0 atom stereocenters. The summed E-state index contributed by atoms with van der Waals surface area (Å²) < 4.78 is 0. The van der Waals surface area contributed by atoms with Gasteiger partial charge in [0.1, 0.15) is 0 Å². The summed E-state index contributed by atoms with van der Waals surface area (Å²) in [5, 5.41) is 1.10. The summed E-state index contributed by atoms with van der Waals surface area (Å²) in [5.74, 6) is 0. The van der Waals surface area contributed by atoms with Crippen LogP contribution in [0.5, 0.6) is 0 Å². The molecule has 3 heteroatoms. The van der Waals surface area contributed by atoms with E-state index in [1.54, 1.807) is 0 Å². The fraction of sp³-hybridized carbons (Fsp3) is 1.00. The molecule has 0 fully saturated rings. The SMILES string of the molecule is CCC[CH2][Ge]([Cl])[Cl]. The Morgan fingerprint density at radius 3 is 2.14 bits per heavy atom. The predicted molar refractivity (Wildman–Crippen MR) is 37.2 cm³/mol. The summed E-state index contributed by atoms with van der Waals surface area (Å²) in [5.41, 5.74) is 0. The number of hydrogen-bond acceptors (Lipinski definition) is 0. The summed E-state index contributed by atoms with van der Waals surface area (Å²) in [6.45, 7) is 2.15. The van der Waals surface area contributed by atoms with E-state index in [2.05, 4.69) is 6.92 Å². The molecule has 0 aliphatic heterocycles. The molecule has 0 aromatic rings. The Hall–Kier alpha value is 1.12. The van der Waals surface area contributed by atoms with Crippen LogP contribution in [0.2, 0.25) is 5.25 Å². The maximum atomic E-state index is 5.59. The zero-order valence-corrected chi connectivity index (χ0v) is 7.99. The molecule has 0 aliphatic rings. The molecule has 0 heterocycles. The van der Waals surface area contributed by atoms with E-state index < -0.39 is 12.5 Å². The minimum atomic E-state index is -1.46. The normalized spacial score (nSPS) is 10.3. The van der Waals surface area contributed by atoms with E-state index in [0.29, 0.717) is 0 Å². The molecule has 0 saturated heterocycles. The molecule has 0 amide bonds. The Balaban J connectivity index is 2.68. The summed E-state index contributed by atoms with van der Waals surface area (Å²) in [6, 6.07) is 0. The average molecular weight is 201 g/mol.